The van der Waals surface area contributed by atoms with Gasteiger partial charge in [-0.3, -0.25) is 4.79 Å². The van der Waals surface area contributed by atoms with Gasteiger partial charge in [-0.15, -0.1) is 0 Å². The zero-order valence-corrected chi connectivity index (χ0v) is 26.9. The number of aliphatic hydroxyl groups excluding tert-OH is 5. The lowest BCUT2D eigenvalue weighted by atomic mass is 9.46. The summed E-state index contributed by atoms with van der Waals surface area (Å²) in [6.07, 6.45) is 2.17. The molecule has 4 fully saturated rings. The third-order valence-electron chi connectivity index (χ3n) is 13.1. The number of carbonyl (C=O) groups excluding carboxylic acids is 1. The van der Waals surface area contributed by atoms with E-state index < -0.39 is 48.5 Å². The lowest BCUT2D eigenvalue weighted by molar-refractivity contribution is -0.342. The second-order valence-electron chi connectivity index (χ2n) is 16.0. The summed E-state index contributed by atoms with van der Waals surface area (Å²) in [4.78, 5) is 14.1. The fourth-order valence-corrected chi connectivity index (χ4v) is 10.1. The molecule has 14 atom stereocenters. The topological polar surface area (TPSA) is 157 Å². The van der Waals surface area contributed by atoms with Crippen LogP contribution in [0.1, 0.15) is 99.3 Å². The van der Waals surface area contributed by atoms with Crippen LogP contribution in [0.25, 0.3) is 0 Å². The van der Waals surface area contributed by atoms with Gasteiger partial charge in [0.2, 0.25) is 0 Å². The first kappa shape index (κ1) is 33.5. The maximum absolute atomic E-state index is 14.1. The minimum Gasteiger partial charge on any atom is -0.394 e. The number of ketones is 1. The summed E-state index contributed by atoms with van der Waals surface area (Å²) >= 11 is 0. The first-order valence-electron chi connectivity index (χ1n) is 16.6. The maximum atomic E-state index is 14.1. The number of hydrogen-bond acceptors (Lipinski definition) is 9. The Bertz CT molecular complexity index is 1070. The van der Waals surface area contributed by atoms with Gasteiger partial charge in [-0.25, -0.2) is 0 Å². The van der Waals surface area contributed by atoms with Crippen molar-refractivity contribution >= 4 is 5.78 Å². The van der Waals surface area contributed by atoms with Crippen LogP contribution in [0, 0.1) is 40.4 Å². The summed E-state index contributed by atoms with van der Waals surface area (Å²) in [7, 11) is 0. The largest absolute Gasteiger partial charge is 0.394 e. The Labute approximate surface area is 256 Å². The Morgan fingerprint density at radius 3 is 2.42 bits per heavy atom. The molecule has 6 N–H and O–H groups in total. The van der Waals surface area contributed by atoms with Crippen molar-refractivity contribution in [3.8, 4) is 0 Å². The van der Waals surface area contributed by atoms with E-state index in [1.54, 1.807) is 20.8 Å². The minimum absolute atomic E-state index is 0.0394. The van der Waals surface area contributed by atoms with Crippen molar-refractivity contribution < 1.29 is 44.9 Å². The molecular formula is C34H56O9. The molecule has 0 bridgehead atoms. The highest BCUT2D eigenvalue weighted by Crippen LogP contribution is 2.66. The lowest BCUT2D eigenvalue weighted by Crippen LogP contribution is -2.62. The predicted molar refractivity (Wildman–Crippen MR) is 160 cm³/mol. The van der Waals surface area contributed by atoms with Gasteiger partial charge in [-0.1, -0.05) is 32.4 Å². The minimum atomic E-state index is -1.56. The van der Waals surface area contributed by atoms with E-state index in [4.69, 9.17) is 9.47 Å². The van der Waals surface area contributed by atoms with Crippen molar-refractivity contribution in [1.29, 1.82) is 0 Å². The van der Waals surface area contributed by atoms with Crippen molar-refractivity contribution in [3.05, 3.63) is 11.6 Å². The molecule has 1 saturated heterocycles. The SMILES string of the molecule is C[C@H](CC[C@@](C)(O[C@@H]1O[C@H](CO)[C@@H](O)[C@H](O)[C@H]1O)C(C)(C)O)[C@H]1CC[C@H]2[C@@H]3CC=C4C[C@@H](O)CC[C@]4(C)[C@H]3C(=O)C[C@]12C. The molecular weight excluding hydrogens is 552 g/mol. The third-order valence-corrected chi connectivity index (χ3v) is 13.1. The second kappa shape index (κ2) is 11.7. The Balaban J connectivity index is 1.30. The van der Waals surface area contributed by atoms with Crippen LogP contribution in [0.15, 0.2) is 11.6 Å². The van der Waals surface area contributed by atoms with Crippen LogP contribution < -0.4 is 0 Å². The summed E-state index contributed by atoms with van der Waals surface area (Å²) in [5.41, 5.74) is -1.46. The first-order chi connectivity index (χ1) is 20.0. The summed E-state index contributed by atoms with van der Waals surface area (Å²) in [5.74, 6) is 1.82. The standard InChI is InChI=1S/C34H56O9/c1-18(11-14-34(6,31(2,3)41)43-30-29(40)28(39)27(38)25(17-35)42-30)22-9-10-23-21-8-7-19-15-20(36)12-13-32(19,4)26(21)24(37)16-33(22,23)5/h7,18,20-23,25-30,35-36,38-41H,8-17H2,1-6H3/t18-,20+,21+,22-,23+,25-,26-,27-,28+,29-,30+,32+,33-,34-/m1/s1. The number of rotatable bonds is 8. The molecule has 4 aliphatic carbocycles. The molecule has 0 aromatic heterocycles. The smallest absolute Gasteiger partial charge is 0.187 e. The van der Waals surface area contributed by atoms with Crippen LogP contribution in [0.3, 0.4) is 0 Å². The summed E-state index contributed by atoms with van der Waals surface area (Å²) in [5, 5.41) is 62.2. The number of carbonyl (C=O) groups is 1. The number of Topliss-reactive ketones (excluding diaryl/α,β-unsaturated/α-hetero) is 1. The highest BCUT2D eigenvalue weighted by atomic mass is 16.7. The molecule has 5 rings (SSSR count). The second-order valence-corrected chi connectivity index (χ2v) is 16.0. The lowest BCUT2D eigenvalue weighted by Gasteiger charge is -2.57. The van der Waals surface area contributed by atoms with Crippen molar-refractivity contribution in [2.75, 3.05) is 6.61 Å². The Hall–Kier alpha value is -0.910. The van der Waals surface area contributed by atoms with Gasteiger partial charge >= 0.3 is 0 Å². The zero-order chi connectivity index (χ0) is 31.7. The molecule has 0 spiro atoms. The number of aliphatic hydroxyl groups is 6. The molecule has 1 aliphatic heterocycles. The van der Waals surface area contributed by atoms with Crippen LogP contribution in [-0.4, -0.2) is 91.0 Å². The fraction of sp³-hybridized carbons (Fsp3) is 0.912. The third kappa shape index (κ3) is 5.58. The van der Waals surface area contributed by atoms with Gasteiger partial charge in [0.25, 0.3) is 0 Å². The van der Waals surface area contributed by atoms with E-state index in [1.807, 2.05) is 0 Å². The average Bonchev–Trinajstić information content (AvgIpc) is 3.28. The van der Waals surface area contributed by atoms with Gasteiger partial charge in [0.05, 0.1) is 23.9 Å². The van der Waals surface area contributed by atoms with Gasteiger partial charge < -0.3 is 40.1 Å². The predicted octanol–water partition coefficient (Wildman–Crippen LogP) is 2.87. The van der Waals surface area contributed by atoms with Crippen molar-refractivity contribution in [2.45, 2.75) is 147 Å². The molecule has 0 unspecified atom stereocenters. The summed E-state index contributed by atoms with van der Waals surface area (Å²) in [6, 6.07) is 0. The van der Waals surface area contributed by atoms with Crippen molar-refractivity contribution in [1.82, 2.24) is 0 Å². The van der Waals surface area contributed by atoms with Crippen LogP contribution in [0.4, 0.5) is 0 Å². The summed E-state index contributed by atoms with van der Waals surface area (Å²) < 4.78 is 11.9. The molecule has 0 aromatic carbocycles. The molecule has 0 radical (unpaired) electrons. The van der Waals surface area contributed by atoms with Crippen LogP contribution >= 0.6 is 0 Å². The maximum Gasteiger partial charge on any atom is 0.187 e. The number of hydrogen-bond donors (Lipinski definition) is 6. The molecule has 3 saturated carbocycles. The Morgan fingerprint density at radius 2 is 1.77 bits per heavy atom. The van der Waals surface area contributed by atoms with E-state index in [2.05, 4.69) is 26.8 Å². The van der Waals surface area contributed by atoms with E-state index in [9.17, 15) is 35.4 Å². The first-order valence-corrected chi connectivity index (χ1v) is 16.6. The molecule has 0 amide bonds. The monoisotopic (exact) mass is 608 g/mol. The van der Waals surface area contributed by atoms with Crippen LogP contribution in [0.5, 0.6) is 0 Å². The van der Waals surface area contributed by atoms with Gasteiger partial charge in [-0.2, -0.15) is 0 Å². The highest BCUT2D eigenvalue weighted by molar-refractivity contribution is 5.85. The fourth-order valence-electron chi connectivity index (χ4n) is 10.1. The van der Waals surface area contributed by atoms with Gasteiger partial charge in [0.1, 0.15) is 30.2 Å². The molecule has 43 heavy (non-hydrogen) atoms. The van der Waals surface area contributed by atoms with Gasteiger partial charge in [-0.05, 0) is 107 Å². The quantitative estimate of drug-likeness (QED) is 0.228. The number of allylic oxidation sites excluding steroid dienone is 1. The Morgan fingerprint density at radius 1 is 1.07 bits per heavy atom. The number of fused-ring (bicyclic) bond motifs is 5. The normalized spacial score (nSPS) is 47.2. The van der Waals surface area contributed by atoms with Crippen LogP contribution in [0.2, 0.25) is 0 Å². The zero-order valence-electron chi connectivity index (χ0n) is 26.9. The average molecular weight is 609 g/mol. The van der Waals surface area contributed by atoms with Gasteiger partial charge in [0, 0.05) is 12.3 Å². The van der Waals surface area contributed by atoms with E-state index in [1.165, 1.54) is 5.57 Å². The molecule has 9 nitrogen and oxygen atoms in total. The van der Waals surface area contributed by atoms with E-state index in [0.29, 0.717) is 49.2 Å². The van der Waals surface area contributed by atoms with E-state index in [0.717, 1.165) is 32.1 Å². The number of ether oxygens (including phenoxy) is 2. The van der Waals surface area contributed by atoms with Crippen molar-refractivity contribution in [3.63, 3.8) is 0 Å². The van der Waals surface area contributed by atoms with E-state index >= 15 is 0 Å². The van der Waals surface area contributed by atoms with Gasteiger partial charge in [0.15, 0.2) is 6.29 Å². The van der Waals surface area contributed by atoms with E-state index in [-0.39, 0.29) is 28.8 Å². The Kier molecular flexibility index (Phi) is 9.11. The molecule has 1 heterocycles. The molecule has 0 aromatic rings. The molecule has 5 aliphatic rings. The summed E-state index contributed by atoms with van der Waals surface area (Å²) in [6.45, 7) is 11.3. The van der Waals surface area contributed by atoms with Crippen LogP contribution in [-0.2, 0) is 14.3 Å². The van der Waals surface area contributed by atoms with Crippen molar-refractivity contribution in [2.24, 2.45) is 40.4 Å². The molecule has 9 heteroatoms. The molecule has 246 valence electrons. The highest BCUT2D eigenvalue weighted by Gasteiger charge is 2.62.